The number of aromatic nitrogens is 1. The number of carbonyl (C=O) groups excluding carboxylic acids is 1. The maximum Gasteiger partial charge on any atom is 0.268 e. The lowest BCUT2D eigenvalue weighted by Gasteiger charge is -2.08. The monoisotopic (exact) mass is 322 g/mol. The zero-order valence-electron chi connectivity index (χ0n) is 12.7. The smallest absolute Gasteiger partial charge is 0.268 e. The van der Waals surface area contributed by atoms with E-state index in [2.05, 4.69) is 10.3 Å². The Hall–Kier alpha value is -3.28. The highest BCUT2D eigenvalue weighted by Crippen LogP contribution is 2.35. The van der Waals surface area contributed by atoms with Crippen molar-refractivity contribution in [2.24, 2.45) is 0 Å². The second kappa shape index (κ2) is 5.73. The first-order valence-corrected chi connectivity index (χ1v) is 7.50. The molecule has 0 aliphatic carbocycles. The molecule has 6 nitrogen and oxygen atoms in total. The van der Waals surface area contributed by atoms with E-state index in [1.165, 1.54) is 0 Å². The molecule has 0 atom stereocenters. The van der Waals surface area contributed by atoms with Crippen molar-refractivity contribution in [2.75, 3.05) is 6.79 Å². The standard InChI is InChI=1S/C18H14N2O4/c21-17-13-6-2-1-4-11(13)8-14(20-17)18(22)19-9-12-5-3-7-15-16(12)24-10-23-15/h1-8H,9-10H2,(H,19,22)(H,20,21). The van der Waals surface area contributed by atoms with E-state index in [0.29, 0.717) is 16.9 Å². The summed E-state index contributed by atoms with van der Waals surface area (Å²) in [6, 6.07) is 14.3. The third-order valence-corrected chi connectivity index (χ3v) is 3.92. The Morgan fingerprint density at radius 3 is 2.92 bits per heavy atom. The summed E-state index contributed by atoms with van der Waals surface area (Å²) in [5.41, 5.74) is 0.764. The Morgan fingerprint density at radius 2 is 2.00 bits per heavy atom. The molecule has 1 amide bonds. The first kappa shape index (κ1) is 14.3. The molecule has 6 heteroatoms. The van der Waals surface area contributed by atoms with Gasteiger partial charge in [0.1, 0.15) is 5.69 Å². The molecule has 120 valence electrons. The number of para-hydroxylation sites is 1. The minimum Gasteiger partial charge on any atom is -0.454 e. The quantitative estimate of drug-likeness (QED) is 0.774. The highest BCUT2D eigenvalue weighted by molar-refractivity contribution is 5.96. The Balaban J connectivity index is 1.57. The van der Waals surface area contributed by atoms with Gasteiger partial charge in [0.15, 0.2) is 11.5 Å². The first-order chi connectivity index (χ1) is 11.7. The first-order valence-electron chi connectivity index (χ1n) is 7.50. The highest BCUT2D eigenvalue weighted by atomic mass is 16.7. The molecule has 0 saturated heterocycles. The maximum absolute atomic E-state index is 12.4. The fourth-order valence-electron chi connectivity index (χ4n) is 2.73. The number of carbonyl (C=O) groups is 1. The van der Waals surface area contributed by atoms with Crippen LogP contribution in [0.25, 0.3) is 10.8 Å². The van der Waals surface area contributed by atoms with Crippen LogP contribution in [0.5, 0.6) is 11.5 Å². The average Bonchev–Trinajstić information content (AvgIpc) is 3.09. The summed E-state index contributed by atoms with van der Waals surface area (Å²) in [7, 11) is 0. The average molecular weight is 322 g/mol. The van der Waals surface area contributed by atoms with Crippen molar-refractivity contribution in [1.29, 1.82) is 0 Å². The number of H-pyrrole nitrogens is 1. The van der Waals surface area contributed by atoms with Crippen LogP contribution in [0.4, 0.5) is 0 Å². The number of fused-ring (bicyclic) bond motifs is 2. The molecule has 0 saturated carbocycles. The number of benzene rings is 2. The van der Waals surface area contributed by atoms with E-state index < -0.39 is 0 Å². The molecular weight excluding hydrogens is 308 g/mol. The Labute approximate surface area is 137 Å². The predicted molar refractivity (Wildman–Crippen MR) is 88.3 cm³/mol. The van der Waals surface area contributed by atoms with Crippen molar-refractivity contribution in [3.63, 3.8) is 0 Å². The van der Waals surface area contributed by atoms with Crippen molar-refractivity contribution in [1.82, 2.24) is 10.3 Å². The van der Waals surface area contributed by atoms with Gasteiger partial charge in [-0.05, 0) is 23.6 Å². The lowest BCUT2D eigenvalue weighted by molar-refractivity contribution is 0.0945. The number of aromatic amines is 1. The summed E-state index contributed by atoms with van der Waals surface area (Å²) >= 11 is 0. The molecule has 2 N–H and O–H groups in total. The van der Waals surface area contributed by atoms with E-state index in [9.17, 15) is 9.59 Å². The van der Waals surface area contributed by atoms with Crippen molar-refractivity contribution in [2.45, 2.75) is 6.54 Å². The molecule has 24 heavy (non-hydrogen) atoms. The largest absolute Gasteiger partial charge is 0.454 e. The van der Waals surface area contributed by atoms with Crippen LogP contribution in [0, 0.1) is 0 Å². The van der Waals surface area contributed by atoms with E-state index >= 15 is 0 Å². The Kier molecular flexibility index (Phi) is 3.42. The van der Waals surface area contributed by atoms with Gasteiger partial charge in [0.25, 0.3) is 11.5 Å². The van der Waals surface area contributed by atoms with Gasteiger partial charge in [-0.3, -0.25) is 9.59 Å². The fourth-order valence-corrected chi connectivity index (χ4v) is 2.73. The van der Waals surface area contributed by atoms with Gasteiger partial charge in [-0.1, -0.05) is 30.3 Å². The molecule has 0 unspecified atom stereocenters. The van der Waals surface area contributed by atoms with Gasteiger partial charge in [0, 0.05) is 17.5 Å². The van der Waals surface area contributed by atoms with Crippen molar-refractivity contribution >= 4 is 16.7 Å². The van der Waals surface area contributed by atoms with Crippen LogP contribution in [0.2, 0.25) is 0 Å². The van der Waals surface area contributed by atoms with Gasteiger partial charge in [0.2, 0.25) is 6.79 Å². The fraction of sp³-hybridized carbons (Fsp3) is 0.111. The molecule has 2 heterocycles. The number of nitrogens with one attached hydrogen (secondary N) is 2. The molecule has 1 aromatic heterocycles. The zero-order chi connectivity index (χ0) is 16.5. The maximum atomic E-state index is 12.4. The second-order valence-electron chi connectivity index (χ2n) is 5.43. The molecule has 0 bridgehead atoms. The van der Waals surface area contributed by atoms with Gasteiger partial charge in [0.05, 0.1) is 0 Å². The molecule has 0 spiro atoms. The Bertz CT molecular complexity index is 994. The van der Waals surface area contributed by atoms with E-state index in [4.69, 9.17) is 9.47 Å². The number of hydrogen-bond donors (Lipinski definition) is 2. The third kappa shape index (κ3) is 2.48. The van der Waals surface area contributed by atoms with Crippen LogP contribution >= 0.6 is 0 Å². The van der Waals surface area contributed by atoms with E-state index in [-0.39, 0.29) is 30.5 Å². The molecular formula is C18H14N2O4. The summed E-state index contributed by atoms with van der Waals surface area (Å²) in [5, 5.41) is 4.07. The normalized spacial score (nSPS) is 12.3. The van der Waals surface area contributed by atoms with Crippen molar-refractivity contribution in [3.8, 4) is 11.5 Å². The minimum atomic E-state index is -0.352. The van der Waals surface area contributed by atoms with Gasteiger partial charge in [-0.2, -0.15) is 0 Å². The van der Waals surface area contributed by atoms with E-state index in [1.807, 2.05) is 24.3 Å². The van der Waals surface area contributed by atoms with Gasteiger partial charge >= 0.3 is 0 Å². The summed E-state index contributed by atoms with van der Waals surface area (Å²) in [6.45, 7) is 0.457. The number of rotatable bonds is 3. The molecule has 0 radical (unpaired) electrons. The van der Waals surface area contributed by atoms with Gasteiger partial charge < -0.3 is 19.8 Å². The summed E-state index contributed by atoms with van der Waals surface area (Å²) in [5.74, 6) is 0.958. The SMILES string of the molecule is O=C(NCc1cccc2c1OCO2)c1cc2ccccc2c(=O)[nH]1. The van der Waals surface area contributed by atoms with Crippen LogP contribution in [-0.4, -0.2) is 17.7 Å². The number of amides is 1. The van der Waals surface area contributed by atoms with Crippen LogP contribution < -0.4 is 20.3 Å². The topological polar surface area (TPSA) is 80.4 Å². The summed E-state index contributed by atoms with van der Waals surface area (Å²) in [4.78, 5) is 27.0. The lowest BCUT2D eigenvalue weighted by Crippen LogP contribution is -2.26. The minimum absolute atomic E-state index is 0.179. The van der Waals surface area contributed by atoms with Crippen LogP contribution in [0.1, 0.15) is 16.1 Å². The number of pyridine rings is 1. The van der Waals surface area contributed by atoms with E-state index in [1.54, 1.807) is 24.3 Å². The number of ether oxygens (including phenoxy) is 2. The Morgan fingerprint density at radius 1 is 1.12 bits per heavy atom. The number of hydrogen-bond acceptors (Lipinski definition) is 4. The third-order valence-electron chi connectivity index (χ3n) is 3.92. The zero-order valence-corrected chi connectivity index (χ0v) is 12.7. The second-order valence-corrected chi connectivity index (χ2v) is 5.43. The van der Waals surface area contributed by atoms with Crippen LogP contribution in [0.15, 0.2) is 53.3 Å². The van der Waals surface area contributed by atoms with Crippen molar-refractivity contribution in [3.05, 3.63) is 70.1 Å². The molecule has 0 fully saturated rings. The molecule has 1 aliphatic rings. The summed E-state index contributed by atoms with van der Waals surface area (Å²) in [6.07, 6.45) is 0. The van der Waals surface area contributed by atoms with Crippen molar-refractivity contribution < 1.29 is 14.3 Å². The molecule has 2 aromatic carbocycles. The van der Waals surface area contributed by atoms with Gasteiger partial charge in [-0.25, -0.2) is 0 Å². The molecule has 3 aromatic rings. The lowest BCUT2D eigenvalue weighted by atomic mass is 10.1. The van der Waals surface area contributed by atoms with Crippen LogP contribution in [-0.2, 0) is 6.54 Å². The predicted octanol–water partition coefficient (Wildman–Crippen LogP) is 2.19. The van der Waals surface area contributed by atoms with E-state index in [0.717, 1.165) is 10.9 Å². The molecule has 4 rings (SSSR count). The van der Waals surface area contributed by atoms with Crippen LogP contribution in [0.3, 0.4) is 0 Å². The van der Waals surface area contributed by atoms with Gasteiger partial charge in [-0.15, -0.1) is 0 Å². The summed E-state index contributed by atoms with van der Waals surface area (Å²) < 4.78 is 10.7. The highest BCUT2D eigenvalue weighted by Gasteiger charge is 2.18. The molecule has 1 aliphatic heterocycles.